The molecule has 8 nitrogen and oxygen atoms in total. The van der Waals surface area contributed by atoms with E-state index in [-0.39, 0.29) is 27.0 Å². The number of rotatable bonds is 2. The minimum atomic E-state index is -1.50. The minimum absolute atomic E-state index is 0. The maximum atomic E-state index is 11.7. The van der Waals surface area contributed by atoms with Gasteiger partial charge in [0.05, 0.1) is 0 Å². The summed E-state index contributed by atoms with van der Waals surface area (Å²) in [6, 6.07) is 1.19. The van der Waals surface area contributed by atoms with Gasteiger partial charge in [0.15, 0.2) is 0 Å². The summed E-state index contributed by atoms with van der Waals surface area (Å²) in [6.45, 7) is 1.18. The molecule has 4 atom stereocenters. The van der Waals surface area contributed by atoms with E-state index in [1.165, 1.54) is 23.8 Å². The number of aliphatic hydroxyl groups excluding tert-OH is 2. The van der Waals surface area contributed by atoms with Gasteiger partial charge in [0.25, 0.3) is 0 Å². The van der Waals surface area contributed by atoms with Crippen LogP contribution < -0.4 is 11.2 Å². The van der Waals surface area contributed by atoms with Crippen LogP contribution in [0.1, 0.15) is 11.9 Å². The largest absolute Gasteiger partial charge is 0.412 e. The van der Waals surface area contributed by atoms with Crippen molar-refractivity contribution in [2.24, 2.45) is 0 Å². The summed E-state index contributed by atoms with van der Waals surface area (Å²) >= 11 is -0.361. The molecule has 108 valence electrons. The van der Waals surface area contributed by atoms with Gasteiger partial charge in [-0.1, -0.05) is 0 Å². The monoisotopic (exact) mass is 340 g/mol. The van der Waals surface area contributed by atoms with Crippen molar-refractivity contribution in [3.8, 4) is 0 Å². The third-order valence-electron chi connectivity index (χ3n) is 3.04. The van der Waals surface area contributed by atoms with E-state index in [1.807, 2.05) is 0 Å². The summed E-state index contributed by atoms with van der Waals surface area (Å²) in [6.07, 6.45) is 0.209. The zero-order valence-electron chi connectivity index (χ0n) is 10.1. The maximum absolute atomic E-state index is 11.7. The molecule has 0 aliphatic carbocycles. The Morgan fingerprint density at radius 2 is 2.16 bits per heavy atom. The first-order valence-electron chi connectivity index (χ1n) is 5.36. The van der Waals surface area contributed by atoms with E-state index < -0.39 is 32.7 Å². The van der Waals surface area contributed by atoms with Crippen molar-refractivity contribution < 1.29 is 20.8 Å². The van der Waals surface area contributed by atoms with Gasteiger partial charge in [-0.2, -0.15) is 0 Å². The molecular formula is C10H16N2O6Se. The van der Waals surface area contributed by atoms with E-state index in [0.717, 1.165) is 0 Å². The van der Waals surface area contributed by atoms with E-state index >= 15 is 0 Å². The van der Waals surface area contributed by atoms with Crippen molar-refractivity contribution in [2.75, 3.05) is 6.61 Å². The number of hydrogen-bond acceptors (Lipinski definition) is 5. The number of aliphatic hydroxyl groups is 3. The van der Waals surface area contributed by atoms with E-state index in [0.29, 0.717) is 0 Å². The number of aromatic amines is 1. The van der Waals surface area contributed by atoms with Crippen LogP contribution in [0.2, 0.25) is 4.82 Å². The Kier molecular flexibility index (Phi) is 4.72. The summed E-state index contributed by atoms with van der Waals surface area (Å²) in [5.74, 6) is 0. The van der Waals surface area contributed by atoms with Crippen molar-refractivity contribution in [3.05, 3.63) is 33.1 Å². The van der Waals surface area contributed by atoms with E-state index in [1.54, 1.807) is 0 Å². The van der Waals surface area contributed by atoms with Crippen molar-refractivity contribution >= 4 is 15.0 Å². The average Bonchev–Trinajstić information content (AvgIpc) is 2.52. The van der Waals surface area contributed by atoms with E-state index in [4.69, 9.17) is 5.11 Å². The Morgan fingerprint density at radius 1 is 1.53 bits per heavy atom. The number of hydrogen-bond donors (Lipinski definition) is 4. The van der Waals surface area contributed by atoms with Gasteiger partial charge in [-0.15, -0.1) is 0 Å². The zero-order chi connectivity index (χ0) is 13.5. The number of aromatic nitrogens is 2. The summed E-state index contributed by atoms with van der Waals surface area (Å²) in [5.41, 5.74) is -2.64. The molecule has 1 aliphatic heterocycles. The fourth-order valence-corrected chi connectivity index (χ4v) is 5.26. The Labute approximate surface area is 114 Å². The quantitative estimate of drug-likeness (QED) is 0.420. The molecule has 1 saturated heterocycles. The molecule has 9 heteroatoms. The summed E-state index contributed by atoms with van der Waals surface area (Å²) in [7, 11) is 0. The van der Waals surface area contributed by atoms with Crippen LogP contribution in [0.3, 0.4) is 0 Å². The minimum Gasteiger partial charge on any atom is -0.412 e. The molecule has 0 saturated carbocycles. The van der Waals surface area contributed by atoms with Gasteiger partial charge >= 0.3 is 108 Å². The normalized spacial score (nSPS) is 34.0. The molecule has 2 rings (SSSR count). The van der Waals surface area contributed by atoms with Crippen LogP contribution in [0.25, 0.3) is 0 Å². The van der Waals surface area contributed by atoms with Crippen molar-refractivity contribution in [1.82, 2.24) is 9.55 Å². The molecule has 0 radical (unpaired) electrons. The van der Waals surface area contributed by atoms with Crippen LogP contribution in [0.15, 0.2) is 21.9 Å². The first-order valence-corrected chi connectivity index (χ1v) is 7.34. The summed E-state index contributed by atoms with van der Waals surface area (Å²) in [5, 5.41) is 29.3. The van der Waals surface area contributed by atoms with Crippen molar-refractivity contribution in [2.45, 2.75) is 28.4 Å². The summed E-state index contributed by atoms with van der Waals surface area (Å²) < 4.78 is 1.21. The smallest absolute Gasteiger partial charge is 0.412 e. The Bertz CT molecular complexity index is 553. The fourth-order valence-electron chi connectivity index (χ4n) is 2.00. The SMILES string of the molecule is C[C@@]1(O)[C@H](O)[C@@H](CO)[Se][C@H]1n1ccc(=O)[nH]c1=O.O. The predicted octanol–water partition coefficient (Wildman–Crippen LogP) is -3.18. The van der Waals surface area contributed by atoms with Gasteiger partial charge in [-0.3, -0.25) is 0 Å². The molecule has 0 spiro atoms. The Morgan fingerprint density at radius 3 is 2.63 bits per heavy atom. The van der Waals surface area contributed by atoms with Crippen LogP contribution in [0, 0.1) is 0 Å². The molecule has 6 N–H and O–H groups in total. The topological polar surface area (TPSA) is 147 Å². The molecule has 0 bridgehead atoms. The third kappa shape index (κ3) is 2.66. The molecule has 0 aromatic carbocycles. The standard InChI is InChI=1S/C10H14N2O5Se.H2O/c1-10(17)7(15)5(4-13)18-8(10)12-3-2-6(14)11-9(12)16;/h2-3,5,7-8,13,15,17H,4H2,1H3,(H,11,14,16);1H2/t5-,7-,8-,10-;/m1./s1. The van der Waals surface area contributed by atoms with Gasteiger partial charge in [0.1, 0.15) is 0 Å². The second-order valence-corrected chi connectivity index (χ2v) is 7.18. The van der Waals surface area contributed by atoms with Crippen LogP contribution in [0.4, 0.5) is 0 Å². The molecule has 2 heterocycles. The first kappa shape index (κ1) is 16.1. The summed E-state index contributed by atoms with van der Waals surface area (Å²) in [4.78, 5) is 23.7. The van der Waals surface area contributed by atoms with Crippen LogP contribution in [-0.4, -0.2) is 63.6 Å². The van der Waals surface area contributed by atoms with Gasteiger partial charge < -0.3 is 5.48 Å². The molecule has 0 amide bonds. The van der Waals surface area contributed by atoms with Crippen molar-refractivity contribution in [3.63, 3.8) is 0 Å². The van der Waals surface area contributed by atoms with Gasteiger partial charge in [0.2, 0.25) is 0 Å². The molecule has 1 fully saturated rings. The molecular weight excluding hydrogens is 323 g/mol. The van der Waals surface area contributed by atoms with Gasteiger partial charge in [-0.05, 0) is 0 Å². The second-order valence-electron chi connectivity index (χ2n) is 4.40. The number of nitrogens with one attached hydrogen (secondary N) is 1. The Balaban J connectivity index is 0.00000180. The van der Waals surface area contributed by atoms with Crippen molar-refractivity contribution in [1.29, 1.82) is 0 Å². The average molecular weight is 339 g/mol. The molecule has 19 heavy (non-hydrogen) atoms. The van der Waals surface area contributed by atoms with Gasteiger partial charge in [0, 0.05) is 0 Å². The predicted molar refractivity (Wildman–Crippen MR) is 67.2 cm³/mol. The van der Waals surface area contributed by atoms with E-state index in [9.17, 15) is 19.8 Å². The fraction of sp³-hybridized carbons (Fsp3) is 0.600. The molecule has 1 aliphatic rings. The van der Waals surface area contributed by atoms with Crippen LogP contribution >= 0.6 is 0 Å². The second kappa shape index (κ2) is 5.58. The van der Waals surface area contributed by atoms with Crippen LogP contribution in [-0.2, 0) is 0 Å². The molecule has 1 aromatic heterocycles. The number of nitrogens with zero attached hydrogens (tertiary/aromatic N) is 1. The van der Waals surface area contributed by atoms with Gasteiger partial charge in [-0.25, -0.2) is 0 Å². The van der Waals surface area contributed by atoms with E-state index in [2.05, 4.69) is 4.98 Å². The molecule has 0 unspecified atom stereocenters. The third-order valence-corrected chi connectivity index (χ3v) is 6.64. The maximum Gasteiger partial charge on any atom is -0.412 e. The zero-order valence-corrected chi connectivity index (χ0v) is 11.8. The Hall–Kier alpha value is -0.961. The molecule has 1 aromatic rings. The number of H-pyrrole nitrogens is 1. The van der Waals surface area contributed by atoms with Crippen LogP contribution in [0.5, 0.6) is 0 Å². The first-order chi connectivity index (χ1) is 8.37.